The zero-order valence-electron chi connectivity index (χ0n) is 36.5. The minimum Gasteiger partial charge on any atom is -0.311 e. The standard InChI is InChI=1S/C62H41BN4/c1-5-13-42(14-6-1)46-21-28-52(29-22-46)66-58-33-26-48(44-17-9-3-10-18-44)37-54(58)63-55-38-49(45-19-11-4-12-20-45)27-34-59(55)67(53-30-23-47(24-31-53)43-15-7-2-8-16-43)61-41-51(40-60(66)62(61)63)50-25-32-56-57(39-50)65-36-35-64-56/h1-41H. The van der Waals surface area contributed by atoms with Crippen molar-refractivity contribution in [2.45, 2.75) is 0 Å². The first kappa shape index (κ1) is 38.6. The molecule has 0 radical (unpaired) electrons. The van der Waals surface area contributed by atoms with Gasteiger partial charge in [0.15, 0.2) is 0 Å². The highest BCUT2D eigenvalue weighted by atomic mass is 15.2. The minimum absolute atomic E-state index is 0.0847. The molecule has 0 fully saturated rings. The number of fused-ring (bicyclic) bond motifs is 5. The molecule has 2 aliphatic heterocycles. The van der Waals surface area contributed by atoms with Gasteiger partial charge in [0.1, 0.15) is 0 Å². The summed E-state index contributed by atoms with van der Waals surface area (Å²) in [4.78, 5) is 14.4. The van der Waals surface area contributed by atoms with Crippen molar-refractivity contribution in [2.24, 2.45) is 0 Å². The van der Waals surface area contributed by atoms with Gasteiger partial charge in [-0.2, -0.15) is 0 Å². The van der Waals surface area contributed by atoms with E-state index in [4.69, 9.17) is 4.98 Å². The summed E-state index contributed by atoms with van der Waals surface area (Å²) in [5.74, 6) is 0. The predicted molar refractivity (Wildman–Crippen MR) is 281 cm³/mol. The summed E-state index contributed by atoms with van der Waals surface area (Å²) in [6.07, 6.45) is 3.53. The lowest BCUT2D eigenvalue weighted by atomic mass is 9.33. The molecule has 0 unspecified atom stereocenters. The maximum Gasteiger partial charge on any atom is 0.252 e. The van der Waals surface area contributed by atoms with Crippen molar-refractivity contribution in [3.8, 4) is 55.6 Å². The average molecular weight is 853 g/mol. The van der Waals surface area contributed by atoms with E-state index in [1.54, 1.807) is 12.4 Å². The molecule has 0 bridgehead atoms. The topological polar surface area (TPSA) is 32.3 Å². The zero-order chi connectivity index (χ0) is 44.3. The molecule has 5 heteroatoms. The molecule has 4 nitrogen and oxygen atoms in total. The van der Waals surface area contributed by atoms with E-state index in [1.807, 2.05) is 0 Å². The van der Waals surface area contributed by atoms with Crippen molar-refractivity contribution >= 4 is 68.3 Å². The van der Waals surface area contributed by atoms with Gasteiger partial charge < -0.3 is 9.80 Å². The Morgan fingerprint density at radius 1 is 0.269 bits per heavy atom. The summed E-state index contributed by atoms with van der Waals surface area (Å²) in [7, 11) is 0. The van der Waals surface area contributed by atoms with E-state index >= 15 is 0 Å². The highest BCUT2D eigenvalue weighted by Crippen LogP contribution is 2.47. The number of benzene rings is 10. The van der Waals surface area contributed by atoms with Crippen LogP contribution in [-0.2, 0) is 0 Å². The van der Waals surface area contributed by atoms with Crippen molar-refractivity contribution < 1.29 is 0 Å². The lowest BCUT2D eigenvalue weighted by Crippen LogP contribution is -2.61. The predicted octanol–water partition coefficient (Wildman–Crippen LogP) is 14.0. The first-order chi connectivity index (χ1) is 33.2. The van der Waals surface area contributed by atoms with E-state index in [0.717, 1.165) is 56.3 Å². The molecule has 67 heavy (non-hydrogen) atoms. The second-order valence-corrected chi connectivity index (χ2v) is 17.4. The Morgan fingerprint density at radius 3 is 1.07 bits per heavy atom. The van der Waals surface area contributed by atoms with Gasteiger partial charge in [0.2, 0.25) is 0 Å². The van der Waals surface area contributed by atoms with Gasteiger partial charge >= 0.3 is 0 Å². The third kappa shape index (κ3) is 6.71. The van der Waals surface area contributed by atoms with Crippen LogP contribution in [0.2, 0.25) is 0 Å². The van der Waals surface area contributed by atoms with E-state index < -0.39 is 0 Å². The van der Waals surface area contributed by atoms with Gasteiger partial charge in [0, 0.05) is 46.5 Å². The van der Waals surface area contributed by atoms with Crippen LogP contribution in [0.5, 0.6) is 0 Å². The average Bonchev–Trinajstić information content (AvgIpc) is 3.41. The van der Waals surface area contributed by atoms with Crippen molar-refractivity contribution in [2.75, 3.05) is 9.80 Å². The van der Waals surface area contributed by atoms with Crippen LogP contribution < -0.4 is 26.2 Å². The lowest BCUT2D eigenvalue weighted by molar-refractivity contribution is 1.25. The molecular weight excluding hydrogens is 812 g/mol. The summed E-state index contributed by atoms with van der Waals surface area (Å²) >= 11 is 0. The molecule has 0 aliphatic carbocycles. The van der Waals surface area contributed by atoms with Crippen molar-refractivity contribution in [3.63, 3.8) is 0 Å². The Kier molecular flexibility index (Phi) is 9.24. The third-order valence-corrected chi connectivity index (χ3v) is 13.5. The molecule has 0 amide bonds. The summed E-state index contributed by atoms with van der Waals surface area (Å²) < 4.78 is 0. The van der Waals surface area contributed by atoms with E-state index in [0.29, 0.717) is 0 Å². The van der Waals surface area contributed by atoms with Crippen LogP contribution >= 0.6 is 0 Å². The first-order valence-electron chi connectivity index (χ1n) is 22.9. The summed E-state index contributed by atoms with van der Waals surface area (Å²) in [6.45, 7) is -0.0847. The number of rotatable bonds is 7. The van der Waals surface area contributed by atoms with Gasteiger partial charge in [-0.05, 0) is 133 Å². The molecule has 0 saturated carbocycles. The fourth-order valence-corrected chi connectivity index (χ4v) is 10.4. The fourth-order valence-electron chi connectivity index (χ4n) is 10.4. The van der Waals surface area contributed by atoms with Crippen LogP contribution in [0.3, 0.4) is 0 Å². The quantitative estimate of drug-likeness (QED) is 0.150. The second kappa shape index (κ2) is 16.0. The van der Waals surface area contributed by atoms with E-state index in [1.165, 1.54) is 60.9 Å². The molecule has 3 heterocycles. The van der Waals surface area contributed by atoms with Gasteiger partial charge in [-0.3, -0.25) is 9.97 Å². The van der Waals surface area contributed by atoms with E-state index in [-0.39, 0.29) is 6.71 Å². The number of aromatic nitrogens is 2. The van der Waals surface area contributed by atoms with Crippen LogP contribution in [0.15, 0.2) is 249 Å². The smallest absolute Gasteiger partial charge is 0.252 e. The Bertz CT molecular complexity index is 3420. The second-order valence-electron chi connectivity index (χ2n) is 17.4. The van der Waals surface area contributed by atoms with Gasteiger partial charge in [-0.25, -0.2) is 0 Å². The van der Waals surface area contributed by atoms with Crippen LogP contribution in [0, 0.1) is 0 Å². The Morgan fingerprint density at radius 2 is 0.627 bits per heavy atom. The zero-order valence-corrected chi connectivity index (χ0v) is 36.5. The lowest BCUT2D eigenvalue weighted by Gasteiger charge is -2.44. The molecule has 11 aromatic rings. The van der Waals surface area contributed by atoms with Crippen LogP contribution in [0.1, 0.15) is 0 Å². The number of hydrogen-bond donors (Lipinski definition) is 0. The van der Waals surface area contributed by atoms with Gasteiger partial charge in [0.25, 0.3) is 6.71 Å². The molecule has 312 valence electrons. The summed E-state index contributed by atoms with van der Waals surface area (Å²) in [5.41, 5.74) is 24.0. The Balaban J connectivity index is 1.11. The molecule has 0 atom stereocenters. The van der Waals surface area contributed by atoms with Gasteiger partial charge in [0.05, 0.1) is 11.0 Å². The van der Waals surface area contributed by atoms with Crippen molar-refractivity contribution in [3.05, 3.63) is 249 Å². The first-order valence-corrected chi connectivity index (χ1v) is 22.9. The fraction of sp³-hybridized carbons (Fsp3) is 0. The van der Waals surface area contributed by atoms with Crippen LogP contribution in [0.4, 0.5) is 34.1 Å². The number of anilines is 6. The molecule has 0 spiro atoms. The van der Waals surface area contributed by atoms with Gasteiger partial charge in [-0.1, -0.05) is 176 Å². The molecule has 10 aromatic carbocycles. The van der Waals surface area contributed by atoms with Crippen LogP contribution in [0.25, 0.3) is 66.7 Å². The molecule has 13 rings (SSSR count). The Hall–Kier alpha value is -8.80. The van der Waals surface area contributed by atoms with Crippen LogP contribution in [-0.4, -0.2) is 16.7 Å². The number of nitrogens with zero attached hydrogens (tertiary/aromatic N) is 4. The maximum atomic E-state index is 4.75. The van der Waals surface area contributed by atoms with Crippen molar-refractivity contribution in [1.29, 1.82) is 0 Å². The van der Waals surface area contributed by atoms with Crippen molar-refractivity contribution in [1.82, 2.24) is 9.97 Å². The highest BCUT2D eigenvalue weighted by Gasteiger charge is 2.44. The molecular formula is C62H41BN4. The third-order valence-electron chi connectivity index (χ3n) is 13.5. The molecule has 2 aliphatic rings. The monoisotopic (exact) mass is 852 g/mol. The molecule has 0 saturated heterocycles. The van der Waals surface area contributed by atoms with Gasteiger partial charge in [-0.15, -0.1) is 0 Å². The Labute approximate surface area is 390 Å². The summed E-state index contributed by atoms with van der Waals surface area (Å²) in [6, 6.07) is 86.5. The number of hydrogen-bond acceptors (Lipinski definition) is 4. The highest BCUT2D eigenvalue weighted by molar-refractivity contribution is 7.00. The minimum atomic E-state index is -0.0847. The largest absolute Gasteiger partial charge is 0.311 e. The molecule has 1 aromatic heterocycles. The SMILES string of the molecule is c1ccc(-c2ccc(N3c4ccc(-c5ccccc5)cc4B4c5cc(-c6ccccc6)ccc5N(c5ccc(-c6ccccc6)cc5)c5cc(-c6ccc7nccnc7c6)cc3c54)cc2)cc1. The normalized spacial score (nSPS) is 12.4. The van der Waals surface area contributed by atoms with E-state index in [9.17, 15) is 0 Å². The summed E-state index contributed by atoms with van der Waals surface area (Å²) in [5, 5.41) is 0. The maximum absolute atomic E-state index is 4.75. The van der Waals surface area contributed by atoms with E-state index in [2.05, 4.69) is 251 Å². The molecule has 0 N–H and O–H groups in total.